The molecule has 2 bridgehead atoms. The predicted molar refractivity (Wildman–Crippen MR) is 172 cm³/mol. The van der Waals surface area contributed by atoms with E-state index in [1.165, 1.54) is 0 Å². The Morgan fingerprint density at radius 1 is 1.05 bits per heavy atom. The monoisotopic (exact) mass is 601 g/mol. The molecule has 0 radical (unpaired) electrons. The third-order valence-electron chi connectivity index (χ3n) is 9.54. The minimum absolute atomic E-state index is 0.0258. The van der Waals surface area contributed by atoms with Crippen LogP contribution in [0, 0.1) is 23.7 Å². The highest BCUT2D eigenvalue weighted by Gasteiger charge is 2.77. The lowest BCUT2D eigenvalue weighted by Gasteiger charge is -2.43. The van der Waals surface area contributed by atoms with E-state index in [0.717, 1.165) is 17.7 Å². The number of thioether (sulfide) groups is 1. The van der Waals surface area contributed by atoms with Gasteiger partial charge >= 0.3 is 0 Å². The molecule has 5 rings (SSSR count). The molecule has 3 saturated heterocycles. The number of aliphatic hydroxyl groups is 1. The number of hydrogen-bond donors (Lipinski definition) is 1. The van der Waals surface area contributed by atoms with Crippen molar-refractivity contribution in [3.8, 4) is 0 Å². The second-order valence-corrected chi connectivity index (χ2v) is 13.9. The van der Waals surface area contributed by atoms with Crippen molar-refractivity contribution in [1.29, 1.82) is 0 Å². The molecule has 0 saturated carbocycles. The first kappa shape index (κ1) is 31.1. The van der Waals surface area contributed by atoms with Crippen molar-refractivity contribution >= 4 is 35.2 Å². The Bertz CT molecular complexity index is 1350. The average Bonchev–Trinajstić information content (AvgIpc) is 3.60. The number of benzene rings is 2. The molecule has 7 nitrogen and oxygen atoms in total. The van der Waals surface area contributed by atoms with Crippen LogP contribution in [0.1, 0.15) is 32.8 Å². The normalized spacial score (nSPS) is 28.1. The van der Waals surface area contributed by atoms with E-state index >= 15 is 0 Å². The van der Waals surface area contributed by atoms with Crippen molar-refractivity contribution in [2.45, 2.75) is 55.8 Å². The Morgan fingerprint density at radius 2 is 1.67 bits per heavy atom. The zero-order valence-corrected chi connectivity index (χ0v) is 26.2. The van der Waals surface area contributed by atoms with Gasteiger partial charge in [0.1, 0.15) is 6.04 Å². The van der Waals surface area contributed by atoms with Crippen molar-refractivity contribution in [3.63, 3.8) is 0 Å². The smallest absolute Gasteiger partial charge is 0.247 e. The Balaban J connectivity index is 1.60. The largest absolute Gasteiger partial charge is 0.394 e. The fourth-order valence-corrected chi connectivity index (χ4v) is 10.00. The maximum absolute atomic E-state index is 14.8. The average molecular weight is 602 g/mol. The lowest BCUT2D eigenvalue weighted by atomic mass is 9.65. The van der Waals surface area contributed by atoms with E-state index in [4.69, 9.17) is 0 Å². The number of carbonyl (C=O) groups excluding carboxylic acids is 3. The number of anilines is 1. The topological polar surface area (TPSA) is 81.2 Å². The number of fused-ring (bicyclic) bond motifs is 1. The molecule has 7 atom stereocenters. The molecule has 3 heterocycles. The van der Waals surface area contributed by atoms with Gasteiger partial charge in [0.15, 0.2) is 0 Å². The standard InChI is InChI=1S/C35H43N3O4S/c1-6-18-36(21-25-14-10-8-11-15-25)34(42)31-35-24(5)20-28(43-35)29(30(35)33(41)38(31)27(22-39)23(3)4)32(40)37(19-7-2)26-16-12-9-13-17-26/h6-17,23-24,27-31,39H,1-2,18-22H2,3-5H3/t24?,27-,28+,29-,30-,31?,35?/m0/s1. The number of rotatable bonds is 12. The number of nitrogens with zero attached hydrogens (tertiary/aromatic N) is 3. The van der Waals surface area contributed by atoms with Gasteiger partial charge in [-0.3, -0.25) is 14.4 Å². The maximum atomic E-state index is 14.8. The highest BCUT2D eigenvalue weighted by atomic mass is 32.2. The minimum atomic E-state index is -0.805. The van der Waals surface area contributed by atoms with Crippen molar-refractivity contribution in [2.75, 3.05) is 24.6 Å². The molecule has 3 aliphatic rings. The number of amides is 3. The Hall–Kier alpha value is -3.36. The first-order valence-electron chi connectivity index (χ1n) is 15.2. The molecule has 0 aromatic heterocycles. The lowest BCUT2D eigenvalue weighted by Crippen LogP contribution is -2.60. The van der Waals surface area contributed by atoms with Crippen LogP contribution in [-0.4, -0.2) is 74.4 Å². The summed E-state index contributed by atoms with van der Waals surface area (Å²) in [5.41, 5.74) is 1.74. The summed E-state index contributed by atoms with van der Waals surface area (Å²) in [5.74, 6) is -1.77. The van der Waals surface area contributed by atoms with Gasteiger partial charge in [-0.1, -0.05) is 81.5 Å². The molecule has 0 aliphatic carbocycles. The van der Waals surface area contributed by atoms with E-state index in [2.05, 4.69) is 20.1 Å². The first-order chi connectivity index (χ1) is 20.7. The molecule has 2 aromatic rings. The molecule has 3 unspecified atom stereocenters. The minimum Gasteiger partial charge on any atom is -0.394 e. The fourth-order valence-electron chi connectivity index (χ4n) is 7.60. The van der Waals surface area contributed by atoms with Crippen molar-refractivity contribution < 1.29 is 19.5 Å². The first-order valence-corrected chi connectivity index (χ1v) is 16.1. The van der Waals surface area contributed by atoms with Gasteiger partial charge in [0, 0.05) is 30.6 Å². The summed E-state index contributed by atoms with van der Waals surface area (Å²) in [5, 5.41) is 10.5. The van der Waals surface area contributed by atoms with E-state index < -0.39 is 28.7 Å². The molecule has 2 aromatic carbocycles. The molecule has 3 amide bonds. The van der Waals surface area contributed by atoms with Crippen LogP contribution in [0.15, 0.2) is 86.0 Å². The van der Waals surface area contributed by atoms with Gasteiger partial charge in [0.2, 0.25) is 17.7 Å². The van der Waals surface area contributed by atoms with Crippen LogP contribution in [-0.2, 0) is 20.9 Å². The highest BCUT2D eigenvalue weighted by molar-refractivity contribution is 8.02. The van der Waals surface area contributed by atoms with Crippen LogP contribution in [0.2, 0.25) is 0 Å². The van der Waals surface area contributed by atoms with Gasteiger partial charge in [-0.05, 0) is 36.0 Å². The summed E-state index contributed by atoms with van der Waals surface area (Å²) in [4.78, 5) is 49.2. The van der Waals surface area contributed by atoms with Gasteiger partial charge in [-0.25, -0.2) is 0 Å². The summed E-state index contributed by atoms with van der Waals surface area (Å²) in [7, 11) is 0. The molecule has 1 N–H and O–H groups in total. The maximum Gasteiger partial charge on any atom is 0.247 e. The van der Waals surface area contributed by atoms with Crippen LogP contribution in [0.4, 0.5) is 5.69 Å². The molecule has 228 valence electrons. The summed E-state index contributed by atoms with van der Waals surface area (Å²) in [6, 6.07) is 17.9. The van der Waals surface area contributed by atoms with Crippen molar-refractivity contribution in [3.05, 3.63) is 91.5 Å². The van der Waals surface area contributed by atoms with Crippen molar-refractivity contribution in [1.82, 2.24) is 9.80 Å². The summed E-state index contributed by atoms with van der Waals surface area (Å²) in [6.45, 7) is 14.6. The van der Waals surface area contributed by atoms with Gasteiger partial charge in [-0.15, -0.1) is 24.9 Å². The number of likely N-dealkylation sites (tertiary alicyclic amines) is 1. The second-order valence-electron chi connectivity index (χ2n) is 12.4. The predicted octanol–water partition coefficient (Wildman–Crippen LogP) is 4.77. The summed E-state index contributed by atoms with van der Waals surface area (Å²) < 4.78 is -0.784. The zero-order valence-electron chi connectivity index (χ0n) is 25.3. The summed E-state index contributed by atoms with van der Waals surface area (Å²) in [6.07, 6.45) is 4.16. The molecular weight excluding hydrogens is 558 g/mol. The molecule has 3 aliphatic heterocycles. The van der Waals surface area contributed by atoms with Crippen LogP contribution in [0.25, 0.3) is 0 Å². The van der Waals surface area contributed by atoms with Gasteiger partial charge in [0.25, 0.3) is 0 Å². The van der Waals surface area contributed by atoms with Crippen LogP contribution < -0.4 is 4.90 Å². The van der Waals surface area contributed by atoms with Crippen LogP contribution in [0.5, 0.6) is 0 Å². The number of hydrogen-bond acceptors (Lipinski definition) is 5. The lowest BCUT2D eigenvalue weighted by molar-refractivity contribution is -0.147. The van der Waals surface area contributed by atoms with E-state index in [0.29, 0.717) is 19.6 Å². The Morgan fingerprint density at radius 3 is 2.26 bits per heavy atom. The number of aliphatic hydroxyl groups excluding tert-OH is 1. The van der Waals surface area contributed by atoms with Crippen molar-refractivity contribution in [2.24, 2.45) is 23.7 Å². The van der Waals surface area contributed by atoms with Gasteiger partial charge in [0.05, 0.1) is 29.2 Å². The molecular formula is C35H43N3O4S. The van der Waals surface area contributed by atoms with E-state index in [-0.39, 0.29) is 41.4 Å². The van der Waals surface area contributed by atoms with Crippen LogP contribution in [0.3, 0.4) is 0 Å². The Kier molecular flexibility index (Phi) is 9.18. The fraction of sp³-hybridized carbons (Fsp3) is 0.457. The van der Waals surface area contributed by atoms with Gasteiger partial charge in [-0.2, -0.15) is 0 Å². The molecule has 8 heteroatoms. The zero-order chi connectivity index (χ0) is 30.9. The number of carbonyl (C=O) groups is 3. The van der Waals surface area contributed by atoms with Gasteiger partial charge < -0.3 is 19.8 Å². The molecule has 1 spiro atoms. The van der Waals surface area contributed by atoms with E-state index in [9.17, 15) is 19.5 Å². The molecule has 3 fully saturated rings. The summed E-state index contributed by atoms with van der Waals surface area (Å²) >= 11 is 1.66. The Labute approximate surface area is 259 Å². The third-order valence-corrected chi connectivity index (χ3v) is 11.6. The van der Waals surface area contributed by atoms with Crippen LogP contribution >= 0.6 is 11.8 Å². The third kappa shape index (κ3) is 5.22. The van der Waals surface area contributed by atoms with E-state index in [1.807, 2.05) is 74.5 Å². The highest BCUT2D eigenvalue weighted by Crippen LogP contribution is 2.69. The SMILES string of the molecule is C=CCN(Cc1ccccc1)C(=O)C1N([C@@H](CO)C(C)C)C(=O)[C@@H]2[C@@H](C(=O)N(CC=C)c3ccccc3)[C@H]3CC(C)C12S3. The van der Waals surface area contributed by atoms with E-state index in [1.54, 1.807) is 38.6 Å². The number of para-hydroxylation sites is 1. The second kappa shape index (κ2) is 12.7. The quantitative estimate of drug-likeness (QED) is 0.355. The molecule has 43 heavy (non-hydrogen) atoms.